The molecule has 1 fully saturated rings. The van der Waals surface area contributed by atoms with Gasteiger partial charge in [0, 0.05) is 18.9 Å². The van der Waals surface area contributed by atoms with Crippen molar-refractivity contribution in [1.82, 2.24) is 4.90 Å². The van der Waals surface area contributed by atoms with Crippen molar-refractivity contribution in [3.8, 4) is 0 Å². The molecule has 1 amide bonds. The van der Waals surface area contributed by atoms with Crippen LogP contribution in [0.1, 0.15) is 61.8 Å². The van der Waals surface area contributed by atoms with E-state index >= 15 is 0 Å². The van der Waals surface area contributed by atoms with Crippen LogP contribution < -0.4 is 15.9 Å². The summed E-state index contributed by atoms with van der Waals surface area (Å²) in [4.78, 5) is 57.7. The third-order valence-corrected chi connectivity index (χ3v) is 12.9. The summed E-state index contributed by atoms with van der Waals surface area (Å²) in [6.45, 7) is 9.81. The Kier molecular flexibility index (Phi) is 11.1. The molecule has 2 unspecified atom stereocenters. The van der Waals surface area contributed by atoms with Gasteiger partial charge in [-0.15, -0.1) is 0 Å². The number of likely N-dealkylation sites (tertiary alicyclic amines) is 1. The molecule has 0 spiro atoms. The number of ketones is 1. The normalized spacial score (nSPS) is 16.0. The lowest BCUT2D eigenvalue weighted by Crippen LogP contribution is -2.67. The van der Waals surface area contributed by atoms with E-state index in [1.807, 2.05) is 105 Å². The van der Waals surface area contributed by atoms with Gasteiger partial charge in [0.1, 0.15) is 17.6 Å². The van der Waals surface area contributed by atoms with Crippen molar-refractivity contribution < 1.29 is 28.7 Å². The highest BCUT2D eigenvalue weighted by molar-refractivity contribution is 7.96. The summed E-state index contributed by atoms with van der Waals surface area (Å²) in [5.41, 5.74) is 0.0914. The zero-order chi connectivity index (χ0) is 36.1. The van der Waals surface area contributed by atoms with Crippen LogP contribution in [0.4, 0.5) is 0 Å². The van der Waals surface area contributed by atoms with Gasteiger partial charge in [-0.1, -0.05) is 130 Å². The smallest absolute Gasteiger partial charge is 0.356 e. The number of amides is 1. The molecule has 0 aromatic heterocycles. The Morgan fingerprint density at radius 3 is 1.76 bits per heavy atom. The zero-order valence-corrected chi connectivity index (χ0v) is 30.1. The molecular formula is C42H44NO6P. The molecule has 0 saturated carbocycles. The summed E-state index contributed by atoms with van der Waals surface area (Å²) in [5.74, 6) is -2.32. The van der Waals surface area contributed by atoms with Crippen molar-refractivity contribution in [3.05, 3.63) is 139 Å². The molecule has 7 nitrogen and oxygen atoms in total. The molecule has 2 atom stereocenters. The maximum Gasteiger partial charge on any atom is 0.356 e. The van der Waals surface area contributed by atoms with Gasteiger partial charge >= 0.3 is 11.9 Å². The van der Waals surface area contributed by atoms with Gasteiger partial charge in [-0.05, 0) is 54.7 Å². The Labute approximate surface area is 294 Å². The average Bonchev–Trinajstić information content (AvgIpc) is 3.10. The van der Waals surface area contributed by atoms with Crippen LogP contribution in [0.2, 0.25) is 0 Å². The summed E-state index contributed by atoms with van der Waals surface area (Å²) < 4.78 is 11.4. The third-order valence-electron chi connectivity index (χ3n) is 8.69. The molecule has 1 saturated heterocycles. The number of rotatable bonds is 12. The maximum absolute atomic E-state index is 14.7. The lowest BCUT2D eigenvalue weighted by molar-refractivity contribution is -0.153. The van der Waals surface area contributed by atoms with Crippen LogP contribution in [0.25, 0.3) is 0 Å². The number of Topliss-reactive ketones (excluding diaryl/α,β-unsaturated/α-hetero) is 1. The van der Waals surface area contributed by atoms with Crippen LogP contribution in [-0.2, 0) is 19.1 Å². The lowest BCUT2D eigenvalue weighted by atomic mass is 9.76. The summed E-state index contributed by atoms with van der Waals surface area (Å²) >= 11 is 0. The van der Waals surface area contributed by atoms with Gasteiger partial charge in [0.05, 0.1) is 17.5 Å². The van der Waals surface area contributed by atoms with Gasteiger partial charge in [-0.2, -0.15) is 0 Å². The summed E-state index contributed by atoms with van der Waals surface area (Å²) in [7, 11) is 0. The standard InChI is InChI=1S/C42H44NO6P/c1-7-26-48-41(47)39(50(32-20-11-8-12-21-32,33-22-13-9-14-23-33)34-24-15-10-16-25-34)43-35(37(29(2)3)38(43)45)28-36(44)30-18-17-19-31(27-30)40(46)49-42(4,5)6/h7-25,27,29,35,37H,1,26,28H2,2-6H3. The fourth-order valence-corrected chi connectivity index (χ4v) is 11.0. The minimum Gasteiger partial charge on any atom is -0.457 e. The number of ether oxygens (including phenoxy) is 2. The van der Waals surface area contributed by atoms with Gasteiger partial charge < -0.3 is 14.4 Å². The van der Waals surface area contributed by atoms with E-state index in [0.717, 1.165) is 15.9 Å². The Hall–Kier alpha value is -5.00. The van der Waals surface area contributed by atoms with Crippen LogP contribution in [0.15, 0.2) is 128 Å². The molecule has 4 aromatic carbocycles. The molecule has 0 radical (unpaired) electrons. The highest BCUT2D eigenvalue weighted by Crippen LogP contribution is 2.50. The van der Waals surface area contributed by atoms with E-state index in [9.17, 15) is 19.2 Å². The largest absolute Gasteiger partial charge is 0.457 e. The van der Waals surface area contributed by atoms with E-state index in [1.165, 1.54) is 12.1 Å². The number of hydrogen-bond acceptors (Lipinski definition) is 6. The minimum absolute atomic E-state index is 0.0581. The number of β-lactam (4-membered cyclic amide) rings is 1. The highest BCUT2D eigenvalue weighted by atomic mass is 31.2. The molecule has 1 heterocycles. The second-order valence-corrected chi connectivity index (χ2v) is 17.0. The van der Waals surface area contributed by atoms with Gasteiger partial charge in [0.25, 0.3) is 0 Å². The lowest BCUT2D eigenvalue weighted by Gasteiger charge is -2.51. The second kappa shape index (κ2) is 15.3. The molecule has 50 heavy (non-hydrogen) atoms. The molecule has 5 rings (SSSR count). The fourth-order valence-electron chi connectivity index (χ4n) is 6.61. The molecule has 8 heteroatoms. The van der Waals surface area contributed by atoms with Gasteiger partial charge in [0.2, 0.25) is 5.91 Å². The molecule has 0 bridgehead atoms. The molecule has 0 aliphatic carbocycles. The summed E-state index contributed by atoms with van der Waals surface area (Å²) in [6.07, 6.45) is 1.43. The summed E-state index contributed by atoms with van der Waals surface area (Å²) in [6, 6.07) is 35.0. The van der Waals surface area contributed by atoms with Crippen LogP contribution in [0.3, 0.4) is 0 Å². The SMILES string of the molecule is C=CCOC(=O)C(N1C(=O)C(C(C)C)C1CC(=O)c1cccc(C(=O)OC(C)(C)C)c1)=P(c1ccccc1)(c1ccccc1)c1ccccc1. The first-order valence-electron chi connectivity index (χ1n) is 16.8. The van der Waals surface area contributed by atoms with E-state index < -0.39 is 36.4 Å². The van der Waals surface area contributed by atoms with Gasteiger partial charge in [-0.25, -0.2) is 9.59 Å². The van der Waals surface area contributed by atoms with Crippen molar-refractivity contribution in [2.45, 2.75) is 52.7 Å². The number of carbonyl (C=O) groups is 4. The predicted octanol–water partition coefficient (Wildman–Crippen LogP) is 6.55. The van der Waals surface area contributed by atoms with Crippen molar-refractivity contribution in [2.24, 2.45) is 11.8 Å². The van der Waals surface area contributed by atoms with Gasteiger partial charge in [0.15, 0.2) is 5.78 Å². The Morgan fingerprint density at radius 1 is 0.800 bits per heavy atom. The van der Waals surface area contributed by atoms with Crippen LogP contribution in [-0.4, -0.2) is 52.2 Å². The number of carbonyl (C=O) groups excluding carboxylic acids is 4. The Balaban J connectivity index is 1.76. The number of nitrogens with zero attached hydrogens (tertiary/aromatic N) is 1. The zero-order valence-electron chi connectivity index (χ0n) is 29.2. The molecule has 1 aliphatic heterocycles. The summed E-state index contributed by atoms with van der Waals surface area (Å²) in [5, 5.41) is 2.58. The molecule has 258 valence electrons. The van der Waals surface area contributed by atoms with Crippen molar-refractivity contribution in [2.75, 3.05) is 6.61 Å². The Morgan fingerprint density at radius 2 is 1.30 bits per heavy atom. The molecule has 0 N–H and O–H groups in total. The maximum atomic E-state index is 14.7. The van der Waals surface area contributed by atoms with E-state index in [1.54, 1.807) is 43.9 Å². The topological polar surface area (TPSA) is 90.0 Å². The molecular weight excluding hydrogens is 645 g/mol. The van der Waals surface area contributed by atoms with Crippen LogP contribution in [0.5, 0.6) is 0 Å². The Bertz CT molecular complexity index is 1830. The number of esters is 2. The monoisotopic (exact) mass is 689 g/mol. The van der Waals surface area contributed by atoms with E-state index in [0.29, 0.717) is 5.56 Å². The second-order valence-electron chi connectivity index (χ2n) is 13.6. The quantitative estimate of drug-likeness (QED) is 0.0551. The number of hydrogen-bond donors (Lipinski definition) is 0. The number of benzene rings is 4. The van der Waals surface area contributed by atoms with Crippen molar-refractivity contribution >= 4 is 51.8 Å². The first kappa shape index (κ1) is 36.3. The third kappa shape index (κ3) is 7.29. The van der Waals surface area contributed by atoms with Crippen LogP contribution in [0, 0.1) is 11.8 Å². The minimum atomic E-state index is -3.13. The van der Waals surface area contributed by atoms with E-state index in [-0.39, 0.29) is 41.6 Å². The predicted molar refractivity (Wildman–Crippen MR) is 201 cm³/mol. The van der Waals surface area contributed by atoms with Crippen molar-refractivity contribution in [3.63, 3.8) is 0 Å². The van der Waals surface area contributed by atoms with Gasteiger partial charge in [-0.3, -0.25) is 9.59 Å². The molecule has 4 aromatic rings. The fraction of sp³-hybridized carbons (Fsp3) is 0.262. The van der Waals surface area contributed by atoms with E-state index in [2.05, 4.69) is 6.58 Å². The first-order valence-corrected chi connectivity index (χ1v) is 18.6. The molecule has 1 aliphatic rings. The van der Waals surface area contributed by atoms with E-state index in [4.69, 9.17) is 9.47 Å². The van der Waals surface area contributed by atoms with Crippen molar-refractivity contribution in [1.29, 1.82) is 0 Å². The average molecular weight is 690 g/mol. The first-order chi connectivity index (χ1) is 23.9. The highest BCUT2D eigenvalue weighted by Gasteiger charge is 2.55. The van der Waals surface area contributed by atoms with Crippen LogP contribution >= 0.6 is 6.89 Å².